The second-order valence-corrected chi connectivity index (χ2v) is 11.0. The van der Waals surface area contributed by atoms with Gasteiger partial charge in [-0.2, -0.15) is 0 Å². The first kappa shape index (κ1) is 13.2. The van der Waals surface area contributed by atoms with E-state index in [9.17, 15) is 5.11 Å². The highest BCUT2D eigenvalue weighted by molar-refractivity contribution is 6.76. The van der Waals surface area contributed by atoms with E-state index in [1.54, 1.807) is 6.92 Å². The van der Waals surface area contributed by atoms with Crippen LogP contribution in [0.15, 0.2) is 22.8 Å². The van der Waals surface area contributed by atoms with Crippen LogP contribution in [0.25, 0.3) is 0 Å². The highest BCUT2D eigenvalue weighted by atomic mass is 28.3. The highest BCUT2D eigenvalue weighted by Gasteiger charge is 2.18. The van der Waals surface area contributed by atoms with Gasteiger partial charge in [-0.3, -0.25) is 0 Å². The molecule has 0 fully saturated rings. The topological polar surface area (TPSA) is 46.3 Å². The van der Waals surface area contributed by atoms with Crippen LogP contribution in [0.3, 0.4) is 0 Å². The summed E-state index contributed by atoms with van der Waals surface area (Å²) in [6, 6.07) is 1.04. The number of hydrogen-bond donors (Lipinski definition) is 1. The number of aromatic nitrogens is 1. The van der Waals surface area contributed by atoms with E-state index < -0.39 is 14.2 Å². The quantitative estimate of drug-likeness (QED) is 0.633. The number of rotatable bonds is 5. The van der Waals surface area contributed by atoms with Crippen LogP contribution in [0.5, 0.6) is 0 Å². The van der Waals surface area contributed by atoms with Crippen LogP contribution < -0.4 is 0 Å². The average molecular weight is 239 g/mol. The lowest BCUT2D eigenvalue weighted by Crippen LogP contribution is -2.20. The molecule has 0 bridgehead atoms. The lowest BCUT2D eigenvalue weighted by Gasteiger charge is -2.18. The molecule has 1 rings (SSSR count). The summed E-state index contributed by atoms with van der Waals surface area (Å²) in [4.78, 5) is 4.11. The van der Waals surface area contributed by atoms with Crippen molar-refractivity contribution in [3.05, 3.63) is 30.0 Å². The van der Waals surface area contributed by atoms with Crippen molar-refractivity contribution in [2.24, 2.45) is 0 Å². The zero-order valence-electron chi connectivity index (χ0n) is 10.6. The van der Waals surface area contributed by atoms with Crippen LogP contribution in [-0.4, -0.2) is 18.2 Å². The predicted molar refractivity (Wildman–Crippen MR) is 68.1 cm³/mol. The van der Waals surface area contributed by atoms with Crippen LogP contribution in [0, 0.1) is 6.92 Å². The summed E-state index contributed by atoms with van der Waals surface area (Å²) in [5, 5.41) is 9.93. The largest absolute Gasteiger partial charge is 0.449 e. The van der Waals surface area contributed by atoms with Gasteiger partial charge in [0.05, 0.1) is 0 Å². The minimum Gasteiger partial charge on any atom is -0.449 e. The van der Waals surface area contributed by atoms with Gasteiger partial charge < -0.3 is 9.52 Å². The maximum atomic E-state index is 9.93. The molecule has 0 aliphatic carbocycles. The van der Waals surface area contributed by atoms with Crippen molar-refractivity contribution in [1.82, 2.24) is 4.98 Å². The van der Waals surface area contributed by atoms with Gasteiger partial charge in [0.2, 0.25) is 0 Å². The Balaban J connectivity index is 2.52. The number of nitrogens with zero attached hydrogens (tertiary/aromatic N) is 1. The van der Waals surface area contributed by atoms with Gasteiger partial charge in [0, 0.05) is 15.0 Å². The molecule has 1 atom stereocenters. The fourth-order valence-corrected chi connectivity index (χ4v) is 3.38. The molecule has 1 heterocycles. The van der Waals surface area contributed by atoms with Crippen molar-refractivity contribution in [3.8, 4) is 0 Å². The Morgan fingerprint density at radius 1 is 1.56 bits per heavy atom. The standard InChI is InChI=1S/C12H21NO2Si/c1-9(8-16(3,4)5)6-12(14)11-7-15-10(2)13-11/h7,12,14H,1,6,8H2,2-5H3/t12-/m1/s1. The molecule has 1 aromatic rings. The monoisotopic (exact) mass is 239 g/mol. The fraction of sp³-hybridized carbons (Fsp3) is 0.583. The Hall–Kier alpha value is -0.873. The van der Waals surface area contributed by atoms with Crippen LogP contribution >= 0.6 is 0 Å². The summed E-state index contributed by atoms with van der Waals surface area (Å²) in [7, 11) is -1.14. The lowest BCUT2D eigenvalue weighted by molar-refractivity contribution is 0.173. The Morgan fingerprint density at radius 2 is 2.19 bits per heavy atom. The molecule has 1 N–H and O–H groups in total. The summed E-state index contributed by atoms with van der Waals surface area (Å²) in [6.07, 6.45) is 1.51. The van der Waals surface area contributed by atoms with Crippen LogP contribution in [0.4, 0.5) is 0 Å². The molecular formula is C12H21NO2Si. The molecule has 1 aromatic heterocycles. The molecule has 0 aromatic carbocycles. The van der Waals surface area contributed by atoms with Crippen molar-refractivity contribution in [1.29, 1.82) is 0 Å². The Labute approximate surface area is 98.2 Å². The number of hydrogen-bond acceptors (Lipinski definition) is 3. The van der Waals surface area contributed by atoms with Gasteiger partial charge >= 0.3 is 0 Å². The van der Waals surface area contributed by atoms with Crippen molar-refractivity contribution in [2.75, 3.05) is 0 Å². The number of aryl methyl sites for hydroxylation is 1. The SMILES string of the molecule is C=C(C[C@@H](O)c1coc(C)n1)C[Si](C)(C)C. The summed E-state index contributed by atoms with van der Waals surface area (Å²) in [5.74, 6) is 0.588. The van der Waals surface area contributed by atoms with E-state index >= 15 is 0 Å². The molecule has 3 nitrogen and oxygen atoms in total. The van der Waals surface area contributed by atoms with Crippen LogP contribution in [0.2, 0.25) is 25.7 Å². The van der Waals surface area contributed by atoms with Crippen LogP contribution in [0.1, 0.15) is 24.1 Å². The third-order valence-corrected chi connectivity index (χ3v) is 3.80. The molecule has 0 aliphatic rings. The maximum Gasteiger partial charge on any atom is 0.191 e. The molecule has 0 saturated heterocycles. The Kier molecular flexibility index (Phi) is 4.10. The molecule has 0 aliphatic heterocycles. The molecule has 0 radical (unpaired) electrons. The lowest BCUT2D eigenvalue weighted by atomic mass is 10.1. The van der Waals surface area contributed by atoms with Gasteiger partial charge in [-0.15, -0.1) is 6.58 Å². The van der Waals surface area contributed by atoms with E-state index in [0.717, 1.165) is 11.6 Å². The third kappa shape index (κ3) is 4.33. The van der Waals surface area contributed by atoms with Gasteiger partial charge in [0.1, 0.15) is 18.1 Å². The number of aliphatic hydroxyl groups excluding tert-OH is 1. The van der Waals surface area contributed by atoms with Crippen molar-refractivity contribution in [2.45, 2.75) is 45.1 Å². The molecule has 0 unspecified atom stereocenters. The Morgan fingerprint density at radius 3 is 2.62 bits per heavy atom. The first-order chi connectivity index (χ1) is 7.28. The fourth-order valence-electron chi connectivity index (χ4n) is 1.73. The van der Waals surface area contributed by atoms with E-state index in [-0.39, 0.29) is 0 Å². The third-order valence-electron chi connectivity index (χ3n) is 2.24. The summed E-state index contributed by atoms with van der Waals surface area (Å²) >= 11 is 0. The first-order valence-electron chi connectivity index (χ1n) is 5.55. The van der Waals surface area contributed by atoms with Gasteiger partial charge in [0.25, 0.3) is 0 Å². The zero-order chi connectivity index (χ0) is 12.3. The second kappa shape index (κ2) is 4.97. The first-order valence-corrected chi connectivity index (χ1v) is 9.25. The number of oxazole rings is 1. The predicted octanol–water partition coefficient (Wildman–Crippen LogP) is 3.30. The van der Waals surface area contributed by atoms with Gasteiger partial charge in [-0.05, 0) is 12.5 Å². The van der Waals surface area contributed by atoms with Gasteiger partial charge in [-0.25, -0.2) is 4.98 Å². The van der Waals surface area contributed by atoms with Crippen molar-refractivity contribution in [3.63, 3.8) is 0 Å². The van der Waals surface area contributed by atoms with Crippen molar-refractivity contribution >= 4 is 8.07 Å². The van der Waals surface area contributed by atoms with E-state index in [4.69, 9.17) is 4.42 Å². The van der Waals surface area contributed by atoms with E-state index in [0.29, 0.717) is 18.0 Å². The van der Waals surface area contributed by atoms with E-state index in [1.165, 1.54) is 6.26 Å². The molecule has 16 heavy (non-hydrogen) atoms. The minimum atomic E-state index is -1.14. The van der Waals surface area contributed by atoms with E-state index in [2.05, 4.69) is 31.2 Å². The highest BCUT2D eigenvalue weighted by Crippen LogP contribution is 2.25. The summed E-state index contributed by atoms with van der Waals surface area (Å²) in [5.41, 5.74) is 1.71. The molecule has 4 heteroatoms. The molecule has 0 saturated carbocycles. The minimum absolute atomic E-state index is 0.580. The normalized spacial score (nSPS) is 13.8. The number of aliphatic hydroxyl groups is 1. The second-order valence-electron chi connectivity index (χ2n) is 5.50. The van der Waals surface area contributed by atoms with Crippen molar-refractivity contribution < 1.29 is 9.52 Å². The molecule has 0 spiro atoms. The maximum absolute atomic E-state index is 9.93. The summed E-state index contributed by atoms with van der Waals surface area (Å²) < 4.78 is 5.08. The Bertz CT molecular complexity index is 365. The average Bonchev–Trinajstić information content (AvgIpc) is 2.47. The smallest absolute Gasteiger partial charge is 0.191 e. The van der Waals surface area contributed by atoms with Gasteiger partial charge in [-0.1, -0.05) is 25.2 Å². The molecular weight excluding hydrogens is 218 g/mol. The van der Waals surface area contributed by atoms with Crippen LogP contribution in [-0.2, 0) is 0 Å². The molecule has 0 amide bonds. The van der Waals surface area contributed by atoms with E-state index in [1.807, 2.05) is 0 Å². The zero-order valence-corrected chi connectivity index (χ0v) is 11.6. The molecule has 90 valence electrons. The van der Waals surface area contributed by atoms with Gasteiger partial charge in [0.15, 0.2) is 5.89 Å². The summed E-state index contributed by atoms with van der Waals surface area (Å²) in [6.45, 7) is 12.7.